The third kappa shape index (κ3) is 11.2. The molecular weight excluding hydrogens is 973 g/mol. The largest absolute Gasteiger partial charge is 0.490 e. The topological polar surface area (TPSA) is 165 Å². The van der Waals surface area contributed by atoms with Gasteiger partial charge in [-0.15, -0.1) is 11.3 Å². The molecule has 0 aliphatic carbocycles. The predicted octanol–water partition coefficient (Wildman–Crippen LogP) is 8.21. The second-order valence-corrected chi connectivity index (χ2v) is 21.2. The summed E-state index contributed by atoms with van der Waals surface area (Å²) in [6.45, 7) is 14.4. The minimum atomic E-state index is -1.28. The highest BCUT2D eigenvalue weighted by molar-refractivity contribution is 7.22. The van der Waals surface area contributed by atoms with E-state index in [1.165, 1.54) is 29.8 Å². The molecular formula is C52H58Cl2FN7O8S. The second kappa shape index (κ2) is 21.4. The van der Waals surface area contributed by atoms with E-state index in [-0.39, 0.29) is 56.4 Å². The number of piperazine rings is 1. The Labute approximate surface area is 426 Å². The molecule has 4 bridgehead atoms. The van der Waals surface area contributed by atoms with Crippen molar-refractivity contribution in [1.29, 1.82) is 0 Å². The van der Waals surface area contributed by atoms with Crippen LogP contribution in [0.2, 0.25) is 10.0 Å². The monoisotopic (exact) mass is 1030 g/mol. The molecule has 0 amide bonds. The van der Waals surface area contributed by atoms with Crippen molar-refractivity contribution < 1.29 is 43.1 Å². The molecule has 2 N–H and O–H groups in total. The summed E-state index contributed by atoms with van der Waals surface area (Å²) in [6, 6.07) is 13.4. The zero-order valence-corrected chi connectivity index (χ0v) is 42.9. The maximum absolute atomic E-state index is 14.6. The summed E-state index contributed by atoms with van der Waals surface area (Å²) in [6.07, 6.45) is 1.21. The Morgan fingerprint density at radius 1 is 0.944 bits per heavy atom. The maximum Gasteiger partial charge on any atom is 0.348 e. The van der Waals surface area contributed by atoms with Crippen molar-refractivity contribution in [3.63, 3.8) is 0 Å². The highest BCUT2D eigenvalue weighted by Crippen LogP contribution is 2.53. The molecule has 3 aromatic heterocycles. The fourth-order valence-electron chi connectivity index (χ4n) is 9.17. The lowest BCUT2D eigenvalue weighted by molar-refractivity contribution is -0.163. The Hall–Kier alpha value is -5.40. The van der Waals surface area contributed by atoms with Crippen LogP contribution in [0.15, 0.2) is 61.1 Å². The number of hydrogen-bond donors (Lipinski definition) is 2. The lowest BCUT2D eigenvalue weighted by atomic mass is 9.87. The number of rotatable bonds is 11. The van der Waals surface area contributed by atoms with E-state index in [1.807, 2.05) is 24.8 Å². The lowest BCUT2D eigenvalue weighted by Crippen LogP contribution is -2.52. The Kier molecular flexibility index (Phi) is 15.2. The zero-order chi connectivity index (χ0) is 50.1. The van der Waals surface area contributed by atoms with Crippen LogP contribution in [0.4, 0.5) is 10.3 Å². The zero-order valence-electron chi connectivity index (χ0n) is 40.6. The number of halogens is 3. The average Bonchev–Trinajstić information content (AvgIpc) is 3.72. The van der Waals surface area contributed by atoms with Gasteiger partial charge in [-0.2, -0.15) is 0 Å². The van der Waals surface area contributed by atoms with Gasteiger partial charge in [0.05, 0.1) is 21.1 Å². The van der Waals surface area contributed by atoms with E-state index in [9.17, 15) is 19.4 Å². The number of likely N-dealkylation sites (N-methyl/N-ethyl adjacent to an activating group) is 1. The number of esters is 1. The molecule has 4 aliphatic rings. The number of thiophene rings is 1. The predicted molar refractivity (Wildman–Crippen MR) is 272 cm³/mol. The third-order valence-electron chi connectivity index (χ3n) is 13.2. The summed E-state index contributed by atoms with van der Waals surface area (Å²) in [5, 5.41) is 20.5. The molecule has 0 spiro atoms. The molecule has 3 aromatic carbocycles. The van der Waals surface area contributed by atoms with Crippen molar-refractivity contribution in [3.8, 4) is 44.7 Å². The molecule has 7 heterocycles. The molecule has 376 valence electrons. The van der Waals surface area contributed by atoms with E-state index in [1.54, 1.807) is 57.3 Å². The second-order valence-electron chi connectivity index (χ2n) is 19.4. The van der Waals surface area contributed by atoms with Gasteiger partial charge in [0.1, 0.15) is 53.4 Å². The van der Waals surface area contributed by atoms with Gasteiger partial charge in [0, 0.05) is 99.5 Å². The van der Waals surface area contributed by atoms with Crippen LogP contribution in [0.3, 0.4) is 0 Å². The van der Waals surface area contributed by atoms with Gasteiger partial charge in [0.15, 0.2) is 5.75 Å². The number of benzene rings is 3. The van der Waals surface area contributed by atoms with Gasteiger partial charge in [0.25, 0.3) is 0 Å². The van der Waals surface area contributed by atoms with Gasteiger partial charge in [-0.25, -0.2) is 29.1 Å². The van der Waals surface area contributed by atoms with Crippen LogP contribution in [0.25, 0.3) is 31.8 Å². The lowest BCUT2D eigenvalue weighted by Gasteiger charge is -2.42. The van der Waals surface area contributed by atoms with Crippen molar-refractivity contribution >= 4 is 56.7 Å². The SMILES string of the molecule is Cc1c(Cl)c2c(Cl)c(C)c1-c1c(-c3ccc(F)cc3)sc3ncnc(c13)O[C@@H](C(=O)OC(C)(C)C)Cc1cc(ccc1OCc1ccnc(N3CC(C(CO)CO)C3)n1)OC[C@@H](CN1CCN(C)CC1)O2. The van der Waals surface area contributed by atoms with Crippen molar-refractivity contribution in [2.24, 2.45) is 11.8 Å². The van der Waals surface area contributed by atoms with Gasteiger partial charge >= 0.3 is 5.97 Å². The fourth-order valence-corrected chi connectivity index (χ4v) is 10.8. The van der Waals surface area contributed by atoms with Gasteiger partial charge in [0.2, 0.25) is 17.9 Å². The molecule has 2 atom stereocenters. The van der Waals surface area contributed by atoms with E-state index in [2.05, 4.69) is 21.8 Å². The number of aliphatic hydroxyl groups is 2. The van der Waals surface area contributed by atoms with Crippen molar-refractivity contribution in [2.45, 2.75) is 65.5 Å². The van der Waals surface area contributed by atoms with E-state index < -0.39 is 23.8 Å². The summed E-state index contributed by atoms with van der Waals surface area (Å²) < 4.78 is 47.5. The number of carbonyl (C=O) groups is 1. The number of fused-ring (bicyclic) bond motifs is 7. The first-order chi connectivity index (χ1) is 34.1. The standard InChI is InChI=1S/C52H58Cl2FN7O8S/c1-29-41-30(2)45(54)46(44(29)53)68-38(23-61-17-15-60(6)16-18-61)27-66-37-11-12-39(67-26-36-13-14-56-51(59-36)62-21-33(22-62)34(24-63)25-64)32(19-37)20-40(50(65)70-52(3,4)5)69-48-43-42(41)47(71-49(43)58-28-57-48)31-7-9-35(55)10-8-31/h7-14,19,28,33-34,38,40,63-64H,15-18,20-27H2,1-6H3/t38-,40-/m1/s1. The molecule has 0 saturated carbocycles. The third-order valence-corrected chi connectivity index (χ3v) is 15.2. The Balaban J connectivity index is 1.16. The van der Waals surface area contributed by atoms with Crippen LogP contribution in [0.1, 0.15) is 43.2 Å². The summed E-state index contributed by atoms with van der Waals surface area (Å²) in [5.74, 6) is 0.777. The molecule has 71 heavy (non-hydrogen) atoms. The van der Waals surface area contributed by atoms with Crippen molar-refractivity contribution in [1.82, 2.24) is 29.7 Å². The normalized spacial score (nSPS) is 18.2. The smallest absolute Gasteiger partial charge is 0.348 e. The number of nitrogens with zero attached hydrogens (tertiary/aromatic N) is 7. The number of anilines is 1. The Morgan fingerprint density at radius 3 is 2.35 bits per heavy atom. The molecule has 4 aliphatic heterocycles. The molecule has 15 nitrogen and oxygen atoms in total. The highest BCUT2D eigenvalue weighted by Gasteiger charge is 2.36. The van der Waals surface area contributed by atoms with Crippen LogP contribution < -0.4 is 23.8 Å². The minimum absolute atomic E-state index is 0.0382. The summed E-state index contributed by atoms with van der Waals surface area (Å²) in [5.41, 5.74) is 3.68. The van der Waals surface area contributed by atoms with Crippen molar-refractivity contribution in [2.75, 3.05) is 77.6 Å². The first-order valence-corrected chi connectivity index (χ1v) is 25.3. The molecule has 10 rings (SSSR count). The number of aliphatic hydroxyl groups excluding tert-OH is 2. The van der Waals surface area contributed by atoms with Crippen molar-refractivity contribution in [3.05, 3.63) is 99.3 Å². The first-order valence-electron chi connectivity index (χ1n) is 23.7. The molecule has 0 unspecified atom stereocenters. The summed E-state index contributed by atoms with van der Waals surface area (Å²) in [4.78, 5) is 41.1. The van der Waals surface area contributed by atoms with Gasteiger partial charge in [-0.3, -0.25) is 4.90 Å². The summed E-state index contributed by atoms with van der Waals surface area (Å²) in [7, 11) is 2.11. The number of aromatic nitrogens is 4. The Bertz CT molecular complexity index is 2860. The summed E-state index contributed by atoms with van der Waals surface area (Å²) >= 11 is 16.2. The Morgan fingerprint density at radius 2 is 1.66 bits per heavy atom. The van der Waals surface area contributed by atoms with Gasteiger partial charge in [-0.1, -0.05) is 35.3 Å². The van der Waals surface area contributed by atoms with Crippen LogP contribution in [0, 0.1) is 31.5 Å². The minimum Gasteiger partial charge on any atom is -0.490 e. The maximum atomic E-state index is 14.6. The quantitative estimate of drug-likeness (QED) is 0.119. The fraction of sp³-hybridized carbons (Fsp3) is 0.442. The number of ether oxygens (including phenoxy) is 5. The van der Waals surface area contributed by atoms with Gasteiger partial charge < -0.3 is 43.7 Å². The van der Waals surface area contributed by atoms with Crippen LogP contribution in [-0.2, 0) is 22.6 Å². The number of carbonyl (C=O) groups excluding carboxylic acids is 1. The molecule has 0 radical (unpaired) electrons. The van der Waals surface area contributed by atoms with E-state index >= 15 is 0 Å². The molecule has 2 saturated heterocycles. The van der Waals surface area contributed by atoms with E-state index in [0.717, 1.165) is 31.1 Å². The number of hydrogen-bond acceptors (Lipinski definition) is 16. The van der Waals surface area contributed by atoms with E-state index in [4.69, 9.17) is 61.8 Å². The molecule has 6 aromatic rings. The highest BCUT2D eigenvalue weighted by atomic mass is 35.5. The van der Waals surface area contributed by atoms with Crippen LogP contribution in [-0.4, -0.2) is 136 Å². The van der Waals surface area contributed by atoms with Crippen LogP contribution in [0.5, 0.6) is 23.1 Å². The van der Waals surface area contributed by atoms with E-state index in [0.29, 0.717) is 102 Å². The van der Waals surface area contributed by atoms with Crippen LogP contribution >= 0.6 is 34.5 Å². The first kappa shape index (κ1) is 50.5. The van der Waals surface area contributed by atoms with Gasteiger partial charge in [-0.05, 0) is 100 Å². The molecule has 19 heteroatoms. The average molecular weight is 1030 g/mol. The molecule has 2 fully saturated rings.